The second kappa shape index (κ2) is 7.21. The molecule has 6 nitrogen and oxygen atoms in total. The number of para-hydroxylation sites is 2. The van der Waals surface area contributed by atoms with Crippen molar-refractivity contribution in [2.24, 2.45) is 11.7 Å². The summed E-state index contributed by atoms with van der Waals surface area (Å²) in [6.45, 7) is 5.36. The van der Waals surface area contributed by atoms with Gasteiger partial charge >= 0.3 is 5.69 Å². The molecule has 130 valence electrons. The van der Waals surface area contributed by atoms with E-state index in [0.29, 0.717) is 32.0 Å². The van der Waals surface area contributed by atoms with Gasteiger partial charge in [-0.25, -0.2) is 4.79 Å². The van der Waals surface area contributed by atoms with Crippen molar-refractivity contribution in [3.63, 3.8) is 0 Å². The van der Waals surface area contributed by atoms with Crippen LogP contribution in [0.5, 0.6) is 0 Å². The van der Waals surface area contributed by atoms with Crippen molar-refractivity contribution < 1.29 is 4.79 Å². The number of aromatic nitrogens is 2. The monoisotopic (exact) mass is 330 g/mol. The van der Waals surface area contributed by atoms with Crippen LogP contribution in [0.25, 0.3) is 11.0 Å². The number of fused-ring (bicyclic) bond motifs is 1. The van der Waals surface area contributed by atoms with Crippen LogP contribution in [-0.2, 0) is 17.9 Å². The minimum Gasteiger partial charge on any atom is -0.342 e. The van der Waals surface area contributed by atoms with Gasteiger partial charge in [-0.1, -0.05) is 19.1 Å². The molecule has 1 aromatic heterocycles. The molecule has 2 heterocycles. The number of rotatable bonds is 6. The molecule has 1 unspecified atom stereocenters. The van der Waals surface area contributed by atoms with E-state index >= 15 is 0 Å². The quantitative estimate of drug-likeness (QED) is 0.870. The predicted molar refractivity (Wildman–Crippen MR) is 94.8 cm³/mol. The molecule has 0 spiro atoms. The van der Waals surface area contributed by atoms with Crippen LogP contribution >= 0.6 is 0 Å². The van der Waals surface area contributed by atoms with Crippen LogP contribution in [0.4, 0.5) is 0 Å². The molecule has 2 N–H and O–H groups in total. The van der Waals surface area contributed by atoms with Gasteiger partial charge in [-0.05, 0) is 37.4 Å². The number of benzene rings is 1. The second-order valence-electron chi connectivity index (χ2n) is 6.55. The van der Waals surface area contributed by atoms with Gasteiger partial charge in [0.1, 0.15) is 0 Å². The molecule has 1 aliphatic heterocycles. The summed E-state index contributed by atoms with van der Waals surface area (Å²) in [5.41, 5.74) is 7.52. The lowest BCUT2D eigenvalue weighted by Gasteiger charge is -2.16. The summed E-state index contributed by atoms with van der Waals surface area (Å²) in [5, 5.41) is 0. The molecule has 1 aromatic carbocycles. The van der Waals surface area contributed by atoms with Crippen LogP contribution < -0.4 is 11.4 Å². The Balaban J connectivity index is 1.77. The van der Waals surface area contributed by atoms with Gasteiger partial charge < -0.3 is 10.6 Å². The first kappa shape index (κ1) is 16.8. The van der Waals surface area contributed by atoms with Gasteiger partial charge in [-0.3, -0.25) is 13.9 Å². The fourth-order valence-corrected chi connectivity index (χ4v) is 3.55. The Bertz CT molecular complexity index is 777. The van der Waals surface area contributed by atoms with Crippen molar-refractivity contribution in [2.75, 3.05) is 19.6 Å². The first-order valence-electron chi connectivity index (χ1n) is 8.81. The van der Waals surface area contributed by atoms with Crippen LogP contribution in [0.15, 0.2) is 29.1 Å². The normalized spacial score (nSPS) is 17.8. The predicted octanol–water partition coefficient (Wildman–Crippen LogP) is 1.41. The van der Waals surface area contributed by atoms with Gasteiger partial charge in [0, 0.05) is 32.6 Å². The first-order valence-corrected chi connectivity index (χ1v) is 8.81. The maximum Gasteiger partial charge on any atom is 0.329 e. The molecule has 0 saturated carbocycles. The van der Waals surface area contributed by atoms with Crippen molar-refractivity contribution in [2.45, 2.75) is 39.3 Å². The molecular formula is C18H26N4O2. The van der Waals surface area contributed by atoms with Gasteiger partial charge in [0.25, 0.3) is 0 Å². The van der Waals surface area contributed by atoms with Crippen molar-refractivity contribution >= 4 is 16.9 Å². The lowest BCUT2D eigenvalue weighted by Crippen LogP contribution is -2.32. The molecule has 2 aromatic rings. The summed E-state index contributed by atoms with van der Waals surface area (Å²) in [6, 6.07) is 7.80. The highest BCUT2D eigenvalue weighted by molar-refractivity contribution is 5.78. The Morgan fingerprint density at radius 2 is 1.88 bits per heavy atom. The molecular weight excluding hydrogens is 304 g/mol. The summed E-state index contributed by atoms with van der Waals surface area (Å²) in [6.07, 6.45) is 2.25. The molecule has 0 aliphatic carbocycles. The average molecular weight is 330 g/mol. The Kier molecular flexibility index (Phi) is 5.04. The summed E-state index contributed by atoms with van der Waals surface area (Å²) in [5.74, 6) is 0.535. The van der Waals surface area contributed by atoms with Crippen LogP contribution in [0.1, 0.15) is 26.2 Å². The summed E-state index contributed by atoms with van der Waals surface area (Å²) in [7, 11) is 0. The number of carbonyl (C=O) groups is 1. The highest BCUT2D eigenvalue weighted by atomic mass is 16.2. The molecule has 0 radical (unpaired) electrons. The van der Waals surface area contributed by atoms with Crippen molar-refractivity contribution in [1.29, 1.82) is 0 Å². The average Bonchev–Trinajstić information content (AvgIpc) is 3.18. The van der Waals surface area contributed by atoms with Crippen molar-refractivity contribution in [1.82, 2.24) is 14.0 Å². The number of imidazole rings is 1. The van der Waals surface area contributed by atoms with E-state index < -0.39 is 0 Å². The number of carbonyl (C=O) groups excluding carboxylic acids is 1. The third-order valence-electron chi connectivity index (χ3n) is 4.89. The standard InChI is InChI=1S/C18H26N4O2/c1-2-9-21-15-5-3-4-6-16(15)22(18(21)24)11-8-17(23)20-10-7-14(12-19)13-20/h3-6,14H,2,7-13,19H2,1H3. The Morgan fingerprint density at radius 3 is 2.46 bits per heavy atom. The lowest BCUT2D eigenvalue weighted by atomic mass is 10.1. The van der Waals surface area contributed by atoms with E-state index in [0.717, 1.165) is 37.0 Å². The number of amides is 1. The number of hydrogen-bond donors (Lipinski definition) is 1. The molecule has 1 aliphatic rings. The minimum atomic E-state index is -0.0212. The third-order valence-corrected chi connectivity index (χ3v) is 4.89. The largest absolute Gasteiger partial charge is 0.342 e. The smallest absolute Gasteiger partial charge is 0.329 e. The SMILES string of the molecule is CCCn1c(=O)n(CCC(=O)N2CCC(CN)C2)c2ccccc21. The van der Waals surface area contributed by atoms with Gasteiger partial charge in [0.05, 0.1) is 11.0 Å². The Hall–Kier alpha value is -2.08. The topological polar surface area (TPSA) is 73.3 Å². The Labute approximate surface area is 141 Å². The molecule has 3 rings (SSSR count). The van der Waals surface area contributed by atoms with Crippen LogP contribution in [0.2, 0.25) is 0 Å². The molecule has 0 bridgehead atoms. The number of likely N-dealkylation sites (tertiary alicyclic amines) is 1. The third kappa shape index (κ3) is 3.11. The van der Waals surface area contributed by atoms with Gasteiger partial charge in [0.2, 0.25) is 5.91 Å². The lowest BCUT2D eigenvalue weighted by molar-refractivity contribution is -0.130. The highest BCUT2D eigenvalue weighted by Crippen LogP contribution is 2.17. The van der Waals surface area contributed by atoms with Crippen molar-refractivity contribution in [3.8, 4) is 0 Å². The maximum absolute atomic E-state index is 12.7. The van der Waals surface area contributed by atoms with E-state index in [9.17, 15) is 9.59 Å². The van der Waals surface area contributed by atoms with Crippen LogP contribution in [0, 0.1) is 5.92 Å². The summed E-state index contributed by atoms with van der Waals surface area (Å²) in [4.78, 5) is 27.0. The zero-order valence-electron chi connectivity index (χ0n) is 14.3. The number of hydrogen-bond acceptors (Lipinski definition) is 3. The summed E-state index contributed by atoms with van der Waals surface area (Å²) >= 11 is 0. The van der Waals surface area contributed by atoms with Crippen molar-refractivity contribution in [3.05, 3.63) is 34.7 Å². The minimum absolute atomic E-state index is 0.0212. The van der Waals surface area contributed by atoms with E-state index in [1.165, 1.54) is 0 Å². The number of nitrogens with two attached hydrogens (primary N) is 1. The van der Waals surface area contributed by atoms with Crippen LogP contribution in [-0.4, -0.2) is 39.6 Å². The fourth-order valence-electron chi connectivity index (χ4n) is 3.55. The molecule has 1 atom stereocenters. The van der Waals surface area contributed by atoms with E-state index in [4.69, 9.17) is 5.73 Å². The highest BCUT2D eigenvalue weighted by Gasteiger charge is 2.25. The van der Waals surface area contributed by atoms with Gasteiger partial charge in [0.15, 0.2) is 0 Å². The van der Waals surface area contributed by atoms with Crippen LogP contribution in [0.3, 0.4) is 0 Å². The van der Waals surface area contributed by atoms with Gasteiger partial charge in [-0.15, -0.1) is 0 Å². The molecule has 1 fully saturated rings. The van der Waals surface area contributed by atoms with E-state index in [1.807, 2.05) is 29.2 Å². The zero-order chi connectivity index (χ0) is 17.1. The summed E-state index contributed by atoms with van der Waals surface area (Å²) < 4.78 is 3.54. The molecule has 24 heavy (non-hydrogen) atoms. The number of aryl methyl sites for hydroxylation is 2. The number of nitrogens with zero attached hydrogens (tertiary/aromatic N) is 3. The van der Waals surface area contributed by atoms with E-state index in [1.54, 1.807) is 9.13 Å². The first-order chi connectivity index (χ1) is 11.7. The molecule has 1 saturated heterocycles. The van der Waals surface area contributed by atoms with E-state index in [-0.39, 0.29) is 11.6 Å². The zero-order valence-corrected chi connectivity index (χ0v) is 14.3. The second-order valence-corrected chi connectivity index (χ2v) is 6.55. The maximum atomic E-state index is 12.7. The Morgan fingerprint density at radius 1 is 1.21 bits per heavy atom. The van der Waals surface area contributed by atoms with E-state index in [2.05, 4.69) is 6.92 Å². The molecule has 1 amide bonds. The molecule has 6 heteroatoms. The van der Waals surface area contributed by atoms with Gasteiger partial charge in [-0.2, -0.15) is 0 Å². The fraction of sp³-hybridized carbons (Fsp3) is 0.556.